The first-order valence-electron chi connectivity index (χ1n) is 14.5. The molecule has 4 heterocycles. The van der Waals surface area contributed by atoms with Gasteiger partial charge in [-0.1, -0.05) is 24.6 Å². The summed E-state index contributed by atoms with van der Waals surface area (Å²) in [7, 11) is 0. The molecule has 0 aliphatic carbocycles. The van der Waals surface area contributed by atoms with Crippen molar-refractivity contribution >= 4 is 52.4 Å². The highest BCUT2D eigenvalue weighted by Gasteiger charge is 2.39. The summed E-state index contributed by atoms with van der Waals surface area (Å²) in [6.45, 7) is 4.34. The molecule has 6 rings (SSSR count). The van der Waals surface area contributed by atoms with E-state index in [1.54, 1.807) is 48.2 Å². The van der Waals surface area contributed by atoms with E-state index in [0.717, 1.165) is 19.4 Å². The maximum atomic E-state index is 13.7. The molecule has 3 amide bonds. The van der Waals surface area contributed by atoms with Gasteiger partial charge in [-0.3, -0.25) is 29.0 Å². The Morgan fingerprint density at radius 3 is 2.36 bits per heavy atom. The van der Waals surface area contributed by atoms with Crippen molar-refractivity contribution < 1.29 is 28.7 Å². The molecule has 3 saturated heterocycles. The fourth-order valence-corrected chi connectivity index (χ4v) is 5.94. The zero-order valence-electron chi connectivity index (χ0n) is 24.1. The third-order valence-corrected chi connectivity index (χ3v) is 8.24. The minimum Gasteiger partial charge on any atom is -0.422 e. The van der Waals surface area contributed by atoms with Crippen LogP contribution in [0.1, 0.15) is 26.2 Å². The topological polar surface area (TPSA) is 143 Å². The third-order valence-electron chi connectivity index (χ3n) is 8.01. The maximum absolute atomic E-state index is 13.7. The van der Waals surface area contributed by atoms with Crippen molar-refractivity contribution in [1.29, 1.82) is 0 Å². The number of carbonyl (C=O) groups is 4. The van der Waals surface area contributed by atoms with E-state index in [9.17, 15) is 19.2 Å². The summed E-state index contributed by atoms with van der Waals surface area (Å²) in [4.78, 5) is 59.6. The third kappa shape index (κ3) is 5.75. The first-order chi connectivity index (χ1) is 21.4. The van der Waals surface area contributed by atoms with Crippen molar-refractivity contribution in [3.63, 3.8) is 0 Å². The number of rotatable bonds is 7. The number of carbonyl (C=O) groups excluding carboxylic acids is 4. The van der Waals surface area contributed by atoms with Crippen LogP contribution in [-0.4, -0.2) is 101 Å². The molecule has 44 heavy (non-hydrogen) atoms. The number of esters is 1. The molecule has 15 heteroatoms. The van der Waals surface area contributed by atoms with E-state index < -0.39 is 17.8 Å². The van der Waals surface area contributed by atoms with Crippen molar-refractivity contribution in [1.82, 2.24) is 25.1 Å². The van der Waals surface area contributed by atoms with Gasteiger partial charge in [-0.2, -0.15) is 4.68 Å². The molecular formula is C29H31ClN8O6. The summed E-state index contributed by atoms with van der Waals surface area (Å²) in [5, 5.41) is 11.6. The van der Waals surface area contributed by atoms with E-state index in [1.165, 1.54) is 20.8 Å². The summed E-state index contributed by atoms with van der Waals surface area (Å²) in [5.41, 5.74) is 1.42. The van der Waals surface area contributed by atoms with Crippen LogP contribution >= 0.6 is 11.6 Å². The predicted molar refractivity (Wildman–Crippen MR) is 159 cm³/mol. The van der Waals surface area contributed by atoms with E-state index >= 15 is 0 Å². The number of anilines is 3. The molecule has 3 aliphatic heterocycles. The van der Waals surface area contributed by atoms with Crippen molar-refractivity contribution in [3.05, 3.63) is 47.7 Å². The molecule has 1 atom stereocenters. The molecule has 3 aromatic rings. The molecule has 0 bridgehead atoms. The summed E-state index contributed by atoms with van der Waals surface area (Å²) in [5.74, 6) is -2.28. The zero-order valence-corrected chi connectivity index (χ0v) is 24.9. The lowest BCUT2D eigenvalue weighted by atomic mass is 10.1. The number of ether oxygens (including phenoxy) is 2. The number of benzene rings is 2. The highest BCUT2D eigenvalue weighted by molar-refractivity contribution is 6.46. The normalized spacial score (nSPS) is 19.9. The second-order valence-corrected chi connectivity index (χ2v) is 11.1. The van der Waals surface area contributed by atoms with Gasteiger partial charge in [0.05, 0.1) is 35.9 Å². The molecule has 1 aromatic heterocycles. The number of aromatic nitrogens is 4. The van der Waals surface area contributed by atoms with Crippen LogP contribution in [0.3, 0.4) is 0 Å². The highest BCUT2D eigenvalue weighted by atomic mass is 35.5. The lowest BCUT2D eigenvalue weighted by molar-refractivity contribution is -0.137. The fraction of sp³-hybridized carbons (Fsp3) is 0.414. The van der Waals surface area contributed by atoms with E-state index in [4.69, 9.17) is 21.1 Å². The largest absolute Gasteiger partial charge is 0.422 e. The Bertz CT molecular complexity index is 1580. The number of halogens is 1. The number of para-hydroxylation sites is 1. The van der Waals surface area contributed by atoms with Crippen LogP contribution in [0.5, 0.6) is 5.75 Å². The standard InChI is InChI=1S/C29H31ClN8O6/c1-2-26(40)44-27-22(35-11-10-34(16-25(35)39)20-5-4-14-43-17-20)6-3-7-23(27)36-12-13-37(29(42)28(36)41)24-15-19(30)8-9-21(24)38-18-31-32-33-38/h3,6-9,15,18,20H,2,4-5,10-14,16-17H2,1H3. The quantitative estimate of drug-likeness (QED) is 0.217. The smallest absolute Gasteiger partial charge is 0.317 e. The minimum absolute atomic E-state index is 0.0638. The van der Waals surface area contributed by atoms with Crippen molar-refractivity contribution in [2.45, 2.75) is 32.2 Å². The molecule has 1 unspecified atom stereocenters. The van der Waals surface area contributed by atoms with E-state index in [0.29, 0.717) is 41.8 Å². The summed E-state index contributed by atoms with van der Waals surface area (Å²) < 4.78 is 12.8. The van der Waals surface area contributed by atoms with E-state index in [-0.39, 0.29) is 49.4 Å². The molecular weight excluding hydrogens is 592 g/mol. The highest BCUT2D eigenvalue weighted by Crippen LogP contribution is 2.41. The second-order valence-electron chi connectivity index (χ2n) is 10.6. The number of hydrogen-bond donors (Lipinski definition) is 0. The summed E-state index contributed by atoms with van der Waals surface area (Å²) in [6, 6.07) is 10.0. The van der Waals surface area contributed by atoms with E-state index in [1.807, 2.05) is 0 Å². The molecule has 0 radical (unpaired) electrons. The van der Waals surface area contributed by atoms with Crippen LogP contribution < -0.4 is 19.4 Å². The molecule has 3 aliphatic rings. The molecule has 0 spiro atoms. The fourth-order valence-electron chi connectivity index (χ4n) is 5.77. The Morgan fingerprint density at radius 1 is 0.977 bits per heavy atom. The Labute approximate surface area is 258 Å². The summed E-state index contributed by atoms with van der Waals surface area (Å²) in [6.07, 6.45) is 3.37. The second kappa shape index (κ2) is 12.7. The van der Waals surface area contributed by atoms with Crippen LogP contribution in [-0.2, 0) is 23.9 Å². The number of tetrazole rings is 1. The molecule has 0 N–H and O–H groups in total. The van der Waals surface area contributed by atoms with Crippen LogP contribution in [0, 0.1) is 0 Å². The molecule has 0 saturated carbocycles. The van der Waals surface area contributed by atoms with Crippen LogP contribution in [0.2, 0.25) is 5.02 Å². The van der Waals surface area contributed by atoms with Gasteiger partial charge in [-0.15, -0.1) is 5.10 Å². The Hall–Kier alpha value is -4.40. The lowest BCUT2D eigenvalue weighted by Gasteiger charge is -2.40. The monoisotopic (exact) mass is 622 g/mol. The first kappa shape index (κ1) is 29.7. The number of amides is 3. The van der Waals surface area contributed by atoms with Crippen molar-refractivity contribution in [2.24, 2.45) is 0 Å². The minimum atomic E-state index is -0.835. The molecule has 230 valence electrons. The molecule has 14 nitrogen and oxygen atoms in total. The van der Waals surface area contributed by atoms with Crippen LogP contribution in [0.4, 0.5) is 17.1 Å². The Morgan fingerprint density at radius 2 is 1.70 bits per heavy atom. The predicted octanol–water partition coefficient (Wildman–Crippen LogP) is 1.84. The van der Waals surface area contributed by atoms with Gasteiger partial charge in [0.2, 0.25) is 5.91 Å². The zero-order chi connectivity index (χ0) is 30.8. The Balaban J connectivity index is 1.29. The number of piperazine rings is 2. The molecule has 3 fully saturated rings. The number of hydrogen-bond acceptors (Lipinski definition) is 10. The van der Waals surface area contributed by atoms with Gasteiger partial charge in [0.15, 0.2) is 5.75 Å². The SMILES string of the molecule is CCC(=O)Oc1c(N2CCN(C3CCCOC3)CC2=O)cccc1N1CCN(c2cc(Cl)ccc2-n2cnnn2)C(=O)C1=O. The lowest BCUT2D eigenvalue weighted by Crippen LogP contribution is -2.56. The van der Waals surface area contributed by atoms with Gasteiger partial charge in [-0.25, -0.2) is 0 Å². The maximum Gasteiger partial charge on any atom is 0.317 e. The van der Waals surface area contributed by atoms with Gasteiger partial charge in [-0.05, 0) is 53.6 Å². The van der Waals surface area contributed by atoms with Crippen molar-refractivity contribution in [3.8, 4) is 11.4 Å². The number of nitrogens with zero attached hydrogens (tertiary/aromatic N) is 8. The van der Waals surface area contributed by atoms with Crippen LogP contribution in [0.15, 0.2) is 42.7 Å². The molecule has 2 aromatic carbocycles. The van der Waals surface area contributed by atoms with Gasteiger partial charge in [0.1, 0.15) is 6.33 Å². The van der Waals surface area contributed by atoms with Gasteiger partial charge in [0.25, 0.3) is 0 Å². The van der Waals surface area contributed by atoms with Gasteiger partial charge < -0.3 is 19.3 Å². The average Bonchev–Trinajstić information content (AvgIpc) is 3.58. The average molecular weight is 623 g/mol. The first-order valence-corrected chi connectivity index (χ1v) is 14.9. The van der Waals surface area contributed by atoms with Gasteiger partial charge in [0, 0.05) is 50.3 Å². The summed E-state index contributed by atoms with van der Waals surface area (Å²) >= 11 is 6.26. The van der Waals surface area contributed by atoms with Crippen LogP contribution in [0.25, 0.3) is 5.69 Å². The van der Waals surface area contributed by atoms with Gasteiger partial charge >= 0.3 is 17.8 Å². The van der Waals surface area contributed by atoms with E-state index in [2.05, 4.69) is 20.4 Å². The van der Waals surface area contributed by atoms with Crippen molar-refractivity contribution in [2.75, 3.05) is 60.6 Å². The Kier molecular flexibility index (Phi) is 8.55.